The number of hydrogen-bond acceptors (Lipinski definition) is 5. The summed E-state index contributed by atoms with van der Waals surface area (Å²) >= 11 is 0. The molecule has 0 atom stereocenters. The van der Waals surface area contributed by atoms with E-state index < -0.39 is 16.4 Å². The molecule has 0 aliphatic carbocycles. The molecule has 0 unspecified atom stereocenters. The SMILES string of the molecule is O=C(O)CC1(NCc2ccc([N+](=O)[O-])cc2)CNC1. The van der Waals surface area contributed by atoms with Gasteiger partial charge in [0.25, 0.3) is 5.69 Å². The molecule has 7 nitrogen and oxygen atoms in total. The van der Waals surface area contributed by atoms with Gasteiger partial charge in [-0.3, -0.25) is 14.9 Å². The van der Waals surface area contributed by atoms with Crippen LogP contribution >= 0.6 is 0 Å². The van der Waals surface area contributed by atoms with Crippen molar-refractivity contribution in [2.45, 2.75) is 18.5 Å². The number of aliphatic carboxylic acids is 1. The van der Waals surface area contributed by atoms with Crippen LogP contribution in [-0.2, 0) is 11.3 Å². The zero-order valence-electron chi connectivity index (χ0n) is 10.3. The van der Waals surface area contributed by atoms with Gasteiger partial charge in [-0.05, 0) is 5.56 Å². The minimum atomic E-state index is -0.835. The van der Waals surface area contributed by atoms with Crippen molar-refractivity contribution in [1.29, 1.82) is 0 Å². The summed E-state index contributed by atoms with van der Waals surface area (Å²) in [7, 11) is 0. The average molecular weight is 265 g/mol. The average Bonchev–Trinajstić information content (AvgIpc) is 2.32. The number of non-ortho nitro benzene ring substituents is 1. The summed E-state index contributed by atoms with van der Waals surface area (Å²) in [5.41, 5.74) is 0.532. The van der Waals surface area contributed by atoms with Crippen molar-refractivity contribution in [2.24, 2.45) is 0 Å². The zero-order valence-corrected chi connectivity index (χ0v) is 10.3. The van der Waals surface area contributed by atoms with E-state index in [1.54, 1.807) is 12.1 Å². The van der Waals surface area contributed by atoms with E-state index in [-0.39, 0.29) is 12.1 Å². The van der Waals surface area contributed by atoms with Crippen LogP contribution in [-0.4, -0.2) is 34.6 Å². The fourth-order valence-electron chi connectivity index (χ4n) is 2.05. The lowest BCUT2D eigenvalue weighted by Crippen LogP contribution is -2.68. The predicted molar refractivity (Wildman–Crippen MR) is 67.8 cm³/mol. The fraction of sp³-hybridized carbons (Fsp3) is 0.417. The Morgan fingerprint density at radius 2 is 2.05 bits per heavy atom. The van der Waals surface area contributed by atoms with Crippen molar-refractivity contribution in [3.8, 4) is 0 Å². The van der Waals surface area contributed by atoms with Gasteiger partial charge in [-0.2, -0.15) is 0 Å². The van der Waals surface area contributed by atoms with Gasteiger partial charge in [0.1, 0.15) is 0 Å². The molecule has 1 aromatic carbocycles. The molecular weight excluding hydrogens is 250 g/mol. The summed E-state index contributed by atoms with van der Waals surface area (Å²) in [5.74, 6) is -0.835. The van der Waals surface area contributed by atoms with Crippen LogP contribution in [0.4, 0.5) is 5.69 Å². The molecule has 0 saturated carbocycles. The molecule has 3 N–H and O–H groups in total. The third-order valence-corrected chi connectivity index (χ3v) is 3.23. The van der Waals surface area contributed by atoms with E-state index in [4.69, 9.17) is 5.11 Å². The predicted octanol–water partition coefficient (Wildman–Crippen LogP) is 0.501. The van der Waals surface area contributed by atoms with Crippen molar-refractivity contribution in [2.75, 3.05) is 13.1 Å². The number of carboxylic acids is 1. The Kier molecular flexibility index (Phi) is 3.77. The lowest BCUT2D eigenvalue weighted by Gasteiger charge is -2.42. The Morgan fingerprint density at radius 3 is 2.47 bits per heavy atom. The molecular formula is C12H15N3O4. The maximum atomic E-state index is 10.8. The molecule has 19 heavy (non-hydrogen) atoms. The lowest BCUT2D eigenvalue weighted by molar-refractivity contribution is -0.384. The molecule has 0 amide bonds. The summed E-state index contributed by atoms with van der Waals surface area (Å²) in [6, 6.07) is 6.23. The Labute approximate surface area is 109 Å². The molecule has 7 heteroatoms. The largest absolute Gasteiger partial charge is 0.481 e. The fourth-order valence-corrected chi connectivity index (χ4v) is 2.05. The second kappa shape index (κ2) is 5.33. The molecule has 1 fully saturated rings. The van der Waals surface area contributed by atoms with Crippen LogP contribution in [0.25, 0.3) is 0 Å². The summed E-state index contributed by atoms with van der Waals surface area (Å²) in [5, 5.41) is 25.7. The Bertz CT molecular complexity index is 482. The Morgan fingerprint density at radius 1 is 1.42 bits per heavy atom. The Balaban J connectivity index is 1.94. The molecule has 1 aromatic rings. The van der Waals surface area contributed by atoms with Crippen molar-refractivity contribution >= 4 is 11.7 Å². The summed E-state index contributed by atoms with van der Waals surface area (Å²) < 4.78 is 0. The van der Waals surface area contributed by atoms with Crippen molar-refractivity contribution in [3.05, 3.63) is 39.9 Å². The third-order valence-electron chi connectivity index (χ3n) is 3.23. The van der Waals surface area contributed by atoms with Gasteiger partial charge in [-0.15, -0.1) is 0 Å². The highest BCUT2D eigenvalue weighted by Crippen LogP contribution is 2.18. The number of benzene rings is 1. The molecule has 2 rings (SSSR count). The van der Waals surface area contributed by atoms with Gasteiger partial charge < -0.3 is 15.7 Å². The number of nitro benzene ring substituents is 1. The van der Waals surface area contributed by atoms with Crippen LogP contribution in [0.5, 0.6) is 0 Å². The number of nitrogens with one attached hydrogen (secondary N) is 2. The minimum Gasteiger partial charge on any atom is -0.481 e. The summed E-state index contributed by atoms with van der Waals surface area (Å²) in [6.45, 7) is 1.73. The first-order valence-corrected chi connectivity index (χ1v) is 5.92. The number of rotatable bonds is 6. The molecule has 0 bridgehead atoms. The molecule has 1 aliphatic heterocycles. The quantitative estimate of drug-likeness (QED) is 0.511. The highest BCUT2D eigenvalue weighted by atomic mass is 16.6. The second-order valence-corrected chi connectivity index (χ2v) is 4.73. The van der Waals surface area contributed by atoms with E-state index in [1.165, 1.54) is 12.1 Å². The summed E-state index contributed by atoms with van der Waals surface area (Å²) in [4.78, 5) is 20.9. The van der Waals surface area contributed by atoms with Gasteiger partial charge in [0.2, 0.25) is 0 Å². The molecule has 0 spiro atoms. The third kappa shape index (κ3) is 3.27. The molecule has 1 aliphatic rings. The number of hydrogen-bond donors (Lipinski definition) is 3. The highest BCUT2D eigenvalue weighted by Gasteiger charge is 2.38. The summed E-state index contributed by atoms with van der Waals surface area (Å²) in [6.07, 6.45) is 0.0625. The topological polar surface area (TPSA) is 104 Å². The van der Waals surface area contributed by atoms with Crippen LogP contribution in [0.3, 0.4) is 0 Å². The van der Waals surface area contributed by atoms with Crippen LogP contribution in [0.1, 0.15) is 12.0 Å². The van der Waals surface area contributed by atoms with E-state index >= 15 is 0 Å². The number of nitrogens with zero attached hydrogens (tertiary/aromatic N) is 1. The van der Waals surface area contributed by atoms with Crippen LogP contribution in [0, 0.1) is 10.1 Å². The first kappa shape index (κ1) is 13.4. The van der Waals surface area contributed by atoms with Crippen LogP contribution < -0.4 is 10.6 Å². The van der Waals surface area contributed by atoms with E-state index in [0.29, 0.717) is 19.6 Å². The van der Waals surface area contributed by atoms with Gasteiger partial charge in [0, 0.05) is 31.8 Å². The van der Waals surface area contributed by atoms with Crippen LogP contribution in [0.15, 0.2) is 24.3 Å². The maximum Gasteiger partial charge on any atom is 0.305 e. The smallest absolute Gasteiger partial charge is 0.305 e. The van der Waals surface area contributed by atoms with Gasteiger partial charge in [0.15, 0.2) is 0 Å². The van der Waals surface area contributed by atoms with E-state index in [9.17, 15) is 14.9 Å². The maximum absolute atomic E-state index is 10.8. The molecule has 0 aromatic heterocycles. The van der Waals surface area contributed by atoms with Crippen molar-refractivity contribution in [3.63, 3.8) is 0 Å². The number of nitro groups is 1. The van der Waals surface area contributed by atoms with Gasteiger partial charge in [-0.1, -0.05) is 12.1 Å². The van der Waals surface area contributed by atoms with Crippen LogP contribution in [0.2, 0.25) is 0 Å². The molecule has 1 heterocycles. The zero-order chi connectivity index (χ0) is 13.9. The normalized spacial score (nSPS) is 16.6. The Hall–Kier alpha value is -1.99. The molecule has 1 saturated heterocycles. The molecule has 0 radical (unpaired) electrons. The number of carbonyl (C=O) groups is 1. The van der Waals surface area contributed by atoms with Gasteiger partial charge in [-0.25, -0.2) is 0 Å². The standard InChI is InChI=1S/C12H15N3O4/c16-11(17)5-12(7-13-8-12)14-6-9-1-3-10(4-2-9)15(18)19/h1-4,13-14H,5-8H2,(H,16,17). The van der Waals surface area contributed by atoms with Gasteiger partial charge in [0.05, 0.1) is 16.9 Å². The monoisotopic (exact) mass is 265 g/mol. The minimum absolute atomic E-state index is 0.0503. The first-order valence-electron chi connectivity index (χ1n) is 5.92. The van der Waals surface area contributed by atoms with E-state index in [0.717, 1.165) is 5.56 Å². The van der Waals surface area contributed by atoms with Crippen molar-refractivity contribution < 1.29 is 14.8 Å². The van der Waals surface area contributed by atoms with Crippen molar-refractivity contribution in [1.82, 2.24) is 10.6 Å². The lowest BCUT2D eigenvalue weighted by atomic mass is 9.88. The number of carboxylic acid groups (broad SMARTS) is 1. The second-order valence-electron chi connectivity index (χ2n) is 4.73. The highest BCUT2D eigenvalue weighted by molar-refractivity contribution is 5.68. The van der Waals surface area contributed by atoms with Gasteiger partial charge >= 0.3 is 5.97 Å². The van der Waals surface area contributed by atoms with E-state index in [2.05, 4.69) is 10.6 Å². The van der Waals surface area contributed by atoms with E-state index in [1.807, 2.05) is 0 Å². The first-order chi connectivity index (χ1) is 9.01. The molecule has 102 valence electrons.